The molecule has 5 rings (SSSR count). The second-order valence-corrected chi connectivity index (χ2v) is 8.54. The molecule has 1 fully saturated rings. The summed E-state index contributed by atoms with van der Waals surface area (Å²) in [5.74, 6) is 2.95. The Morgan fingerprint density at radius 2 is 1.23 bits per heavy atom. The number of hydrogen-bond donors (Lipinski definition) is 1. The number of para-hydroxylation sites is 2. The summed E-state index contributed by atoms with van der Waals surface area (Å²) in [6.45, 7) is 2.00. The maximum absolute atomic E-state index is 10.3. The second-order valence-electron chi connectivity index (χ2n) is 8.54. The molecule has 9 heteroatoms. The quantitative estimate of drug-likeness (QED) is 0.181. The van der Waals surface area contributed by atoms with E-state index >= 15 is 0 Å². The largest absolute Gasteiger partial charge is 2.00 e. The third kappa shape index (κ3) is 15.6. The van der Waals surface area contributed by atoms with Crippen molar-refractivity contribution >= 4 is 29.3 Å². The van der Waals surface area contributed by atoms with Gasteiger partial charge in [-0.1, -0.05) is 49.9 Å². The van der Waals surface area contributed by atoms with Gasteiger partial charge in [-0.05, 0) is 48.7 Å². The van der Waals surface area contributed by atoms with Gasteiger partial charge < -0.3 is 45.8 Å². The molecule has 1 saturated heterocycles. The molecule has 0 aliphatic carbocycles. The van der Waals surface area contributed by atoms with Gasteiger partial charge in [-0.2, -0.15) is 18.2 Å². The number of carbonyl (C=O) groups is 1. The van der Waals surface area contributed by atoms with Crippen LogP contribution in [0.25, 0.3) is 0 Å². The first-order valence-electron chi connectivity index (χ1n) is 13.2. The number of carbonyl (C=O) groups excluding carboxylic acids is 1. The van der Waals surface area contributed by atoms with Gasteiger partial charge in [-0.25, -0.2) is 0 Å². The van der Waals surface area contributed by atoms with Gasteiger partial charge in [0.25, 0.3) is 0 Å². The fraction of sp³-hybridized carbons (Fsp3) is 0.286. The summed E-state index contributed by atoms with van der Waals surface area (Å²) in [5.41, 5.74) is 2.15. The number of halogens is 1. The van der Waals surface area contributed by atoms with Crippen LogP contribution in [0.3, 0.4) is 0 Å². The Bertz CT molecular complexity index is 1250. The summed E-state index contributed by atoms with van der Waals surface area (Å²) >= 11 is 0. The Balaban J connectivity index is 0. The van der Waals surface area contributed by atoms with Crippen molar-refractivity contribution in [3.8, 4) is 23.0 Å². The molecular formula is C35H43BrMgO7. The van der Waals surface area contributed by atoms with E-state index in [0.717, 1.165) is 42.1 Å². The van der Waals surface area contributed by atoms with Crippen LogP contribution in [0.5, 0.6) is 23.0 Å². The van der Waals surface area contributed by atoms with Gasteiger partial charge in [0.1, 0.15) is 23.4 Å². The second kappa shape index (κ2) is 26.3. The normalized spacial score (nSPS) is 11.2. The van der Waals surface area contributed by atoms with Gasteiger partial charge in [0.2, 0.25) is 0 Å². The van der Waals surface area contributed by atoms with Gasteiger partial charge in [0.05, 0.1) is 34.0 Å². The number of methoxy groups -OCH3 is 4. The van der Waals surface area contributed by atoms with Crippen molar-refractivity contribution in [1.82, 2.24) is 0 Å². The van der Waals surface area contributed by atoms with Crippen molar-refractivity contribution in [2.24, 2.45) is 0 Å². The molecule has 1 aliphatic rings. The third-order valence-electron chi connectivity index (χ3n) is 5.88. The number of aldehydes is 1. The molecule has 7 nitrogen and oxygen atoms in total. The monoisotopic (exact) mass is 678 g/mol. The van der Waals surface area contributed by atoms with E-state index in [1.54, 1.807) is 46.6 Å². The van der Waals surface area contributed by atoms with Gasteiger partial charge in [0.15, 0.2) is 6.29 Å². The molecule has 4 aromatic rings. The van der Waals surface area contributed by atoms with Crippen molar-refractivity contribution < 1.29 is 50.6 Å². The minimum atomic E-state index is -0.702. The molecule has 44 heavy (non-hydrogen) atoms. The van der Waals surface area contributed by atoms with E-state index in [0.29, 0.717) is 17.1 Å². The smallest absolute Gasteiger partial charge is 1.00 e. The van der Waals surface area contributed by atoms with Crippen molar-refractivity contribution in [2.75, 3.05) is 41.7 Å². The van der Waals surface area contributed by atoms with E-state index < -0.39 is 6.10 Å². The first-order valence-corrected chi connectivity index (χ1v) is 13.2. The standard InChI is InChI=1S/C15H16O3.C8H8O2.C7H7O.C4H8O.CH4.BrH.Mg/c1-17-12-9-7-11(8-10-12)15(16)13-5-3-4-6-14(13)18-2;1-10-8-5-3-2-4-7(8)6-9;1-8-7-5-3-2-4-6-7;1-2-4-5-3-1;;;/h3-10,15-16H,1-2H3;2-6H,1H3;3-6H,1H3;1-4H2;1H4;1H;/q;;-1;;;;+2/p-1. The summed E-state index contributed by atoms with van der Waals surface area (Å²) in [6.07, 6.45) is 2.63. The number of rotatable bonds is 7. The summed E-state index contributed by atoms with van der Waals surface area (Å²) in [6, 6.07) is 32.1. The number of benzene rings is 4. The molecule has 4 aromatic carbocycles. The minimum absolute atomic E-state index is 0. The number of aliphatic hydroxyl groups is 1. The van der Waals surface area contributed by atoms with Crippen LogP contribution in [0.2, 0.25) is 0 Å². The zero-order valence-corrected chi connectivity index (χ0v) is 28.2. The summed E-state index contributed by atoms with van der Waals surface area (Å²) < 4.78 is 25.1. The minimum Gasteiger partial charge on any atom is -1.00 e. The van der Waals surface area contributed by atoms with Crippen LogP contribution in [0.15, 0.2) is 97.1 Å². The van der Waals surface area contributed by atoms with Crippen LogP contribution in [-0.2, 0) is 4.74 Å². The molecule has 1 aliphatic heterocycles. The maximum Gasteiger partial charge on any atom is 2.00 e. The van der Waals surface area contributed by atoms with Gasteiger partial charge in [-0.3, -0.25) is 4.79 Å². The number of hydrogen-bond acceptors (Lipinski definition) is 7. The number of aliphatic hydroxyl groups excluding tert-OH is 1. The van der Waals surface area contributed by atoms with E-state index in [1.807, 2.05) is 78.9 Å². The molecule has 0 saturated carbocycles. The van der Waals surface area contributed by atoms with E-state index in [-0.39, 0.29) is 47.5 Å². The molecule has 1 N–H and O–H groups in total. The van der Waals surface area contributed by atoms with E-state index in [1.165, 1.54) is 12.8 Å². The van der Waals surface area contributed by atoms with Crippen LogP contribution in [0, 0.1) is 6.07 Å². The topological polar surface area (TPSA) is 83.5 Å². The van der Waals surface area contributed by atoms with Crippen molar-refractivity contribution in [2.45, 2.75) is 26.4 Å². The van der Waals surface area contributed by atoms with Crippen molar-refractivity contribution in [1.29, 1.82) is 0 Å². The molecule has 0 spiro atoms. The average molecular weight is 680 g/mol. The van der Waals surface area contributed by atoms with Crippen molar-refractivity contribution in [3.05, 3.63) is 120 Å². The molecule has 0 aromatic heterocycles. The predicted molar refractivity (Wildman–Crippen MR) is 173 cm³/mol. The Hall–Kier alpha value is -3.08. The fourth-order valence-electron chi connectivity index (χ4n) is 3.64. The zero-order chi connectivity index (χ0) is 29.7. The Kier molecular flexibility index (Phi) is 25.8. The zero-order valence-electron chi connectivity index (χ0n) is 25.2. The third-order valence-corrected chi connectivity index (χ3v) is 5.88. The van der Waals surface area contributed by atoms with Crippen LogP contribution >= 0.6 is 0 Å². The van der Waals surface area contributed by atoms with E-state index in [4.69, 9.17) is 23.7 Å². The Morgan fingerprint density at radius 1 is 0.727 bits per heavy atom. The van der Waals surface area contributed by atoms with E-state index in [2.05, 4.69) is 6.07 Å². The van der Waals surface area contributed by atoms with Crippen molar-refractivity contribution in [3.63, 3.8) is 0 Å². The average Bonchev–Trinajstić information content (AvgIpc) is 3.66. The summed E-state index contributed by atoms with van der Waals surface area (Å²) in [5, 5.41) is 10.3. The van der Waals surface area contributed by atoms with Gasteiger partial charge >= 0.3 is 23.1 Å². The Morgan fingerprint density at radius 3 is 1.66 bits per heavy atom. The maximum atomic E-state index is 10.3. The molecule has 0 amide bonds. The molecular weight excluding hydrogens is 637 g/mol. The first kappa shape index (κ1) is 43.0. The fourth-order valence-corrected chi connectivity index (χ4v) is 3.64. The molecule has 234 valence electrons. The van der Waals surface area contributed by atoms with Crippen LogP contribution in [0.4, 0.5) is 0 Å². The molecule has 1 atom stereocenters. The van der Waals surface area contributed by atoms with Crippen LogP contribution < -0.4 is 35.9 Å². The summed E-state index contributed by atoms with van der Waals surface area (Å²) in [4.78, 5) is 10.3. The van der Waals surface area contributed by atoms with E-state index in [9.17, 15) is 9.90 Å². The van der Waals surface area contributed by atoms with Gasteiger partial charge in [-0.15, -0.1) is 12.1 Å². The SMILES string of the molecule is C.C1CCOC1.COc1cc[c-]cc1.COc1ccc(C(O)c2ccccc2OC)cc1.COc1ccccc1C=O.[Br-].[Mg+2]. The summed E-state index contributed by atoms with van der Waals surface area (Å²) in [7, 11) is 6.41. The Labute approximate surface area is 289 Å². The number of ether oxygens (including phenoxy) is 5. The van der Waals surface area contributed by atoms with Gasteiger partial charge in [0, 0.05) is 24.5 Å². The molecule has 1 unspecified atom stereocenters. The predicted octanol–water partition coefficient (Wildman–Crippen LogP) is 3.84. The molecule has 1 heterocycles. The molecule has 0 radical (unpaired) electrons. The van der Waals surface area contributed by atoms with Crippen LogP contribution in [0.1, 0.15) is 47.9 Å². The first-order chi connectivity index (χ1) is 20.1. The van der Waals surface area contributed by atoms with Crippen LogP contribution in [-0.4, -0.2) is 76.1 Å². The molecule has 0 bridgehead atoms.